The first-order chi connectivity index (χ1) is 21.0. The third kappa shape index (κ3) is 5.97. The van der Waals surface area contributed by atoms with Gasteiger partial charge in [0, 0.05) is 23.1 Å². The first-order valence-electron chi connectivity index (χ1n) is 14.9. The Bertz CT molecular complexity index is 1650. The number of alkyl halides is 4. The summed E-state index contributed by atoms with van der Waals surface area (Å²) in [4.78, 5) is 26.3. The number of halogens is 4. The lowest BCUT2D eigenvalue weighted by atomic mass is 9.50. The smallest absolute Gasteiger partial charge is 0.416 e. The van der Waals surface area contributed by atoms with Crippen LogP contribution in [0.1, 0.15) is 71.3 Å². The number of amides is 1. The Balaban J connectivity index is 1.11. The highest BCUT2D eigenvalue weighted by Crippen LogP contribution is 2.59. The third-order valence-corrected chi connectivity index (χ3v) is 9.19. The monoisotopic (exact) mass is 606 g/mol. The maximum atomic E-state index is 13.6. The Labute approximate surface area is 253 Å². The molecule has 1 heterocycles. The van der Waals surface area contributed by atoms with Crippen molar-refractivity contribution in [2.24, 2.45) is 11.3 Å². The topological polar surface area (TPSA) is 60.3 Å². The van der Waals surface area contributed by atoms with Crippen LogP contribution in [0.2, 0.25) is 0 Å². The van der Waals surface area contributed by atoms with Crippen LogP contribution in [0.15, 0.2) is 79.0 Å². The summed E-state index contributed by atoms with van der Waals surface area (Å²) < 4.78 is 59.9. The number of fused-ring (bicyclic) bond motifs is 1. The van der Waals surface area contributed by atoms with Crippen molar-refractivity contribution in [3.05, 3.63) is 107 Å². The van der Waals surface area contributed by atoms with E-state index < -0.39 is 18.4 Å². The maximum Gasteiger partial charge on any atom is 0.416 e. The van der Waals surface area contributed by atoms with Crippen molar-refractivity contribution in [3.8, 4) is 0 Å². The van der Waals surface area contributed by atoms with Crippen molar-refractivity contribution in [1.82, 2.24) is 9.88 Å². The molecule has 0 radical (unpaired) electrons. The van der Waals surface area contributed by atoms with E-state index in [9.17, 15) is 27.2 Å². The Morgan fingerprint density at radius 3 is 2.34 bits per heavy atom. The van der Waals surface area contributed by atoms with E-state index in [-0.39, 0.29) is 41.9 Å². The zero-order valence-corrected chi connectivity index (χ0v) is 24.4. The summed E-state index contributed by atoms with van der Waals surface area (Å²) in [7, 11) is 0. The molecule has 6 rings (SSSR count). The summed E-state index contributed by atoms with van der Waals surface area (Å²) in [5, 5.41) is 3.80. The normalized spacial score (nSPS) is 21.8. The van der Waals surface area contributed by atoms with E-state index >= 15 is 0 Å². The summed E-state index contributed by atoms with van der Waals surface area (Å²) in [6.45, 7) is 1.35. The van der Waals surface area contributed by atoms with Gasteiger partial charge in [-0.05, 0) is 79.3 Å². The average Bonchev–Trinajstić information content (AvgIpc) is 3.33. The van der Waals surface area contributed by atoms with Crippen LogP contribution in [0.3, 0.4) is 0 Å². The molecule has 2 aliphatic carbocycles. The van der Waals surface area contributed by atoms with Crippen LogP contribution in [-0.4, -0.2) is 29.2 Å². The summed E-state index contributed by atoms with van der Waals surface area (Å²) in [6, 6.07) is 20.1. The van der Waals surface area contributed by atoms with Gasteiger partial charge in [-0.3, -0.25) is 9.59 Å². The quantitative estimate of drug-likeness (QED) is 0.156. The molecule has 0 aliphatic heterocycles. The van der Waals surface area contributed by atoms with Crippen LogP contribution in [0.5, 0.6) is 0 Å². The van der Waals surface area contributed by atoms with Crippen LogP contribution >= 0.6 is 0 Å². The predicted octanol–water partition coefficient (Wildman–Crippen LogP) is 7.81. The zero-order valence-electron chi connectivity index (χ0n) is 24.4. The summed E-state index contributed by atoms with van der Waals surface area (Å²) in [5.74, 6) is -0.579. The lowest BCUT2D eigenvalue weighted by molar-refractivity contribution is -0.167. The highest BCUT2D eigenvalue weighted by molar-refractivity contribution is 6.08. The van der Waals surface area contributed by atoms with E-state index in [0.29, 0.717) is 28.5 Å². The average molecular weight is 607 g/mol. The number of carbonyl (C=O) groups is 2. The second kappa shape index (κ2) is 11.7. The Kier molecular flexibility index (Phi) is 7.99. The molecule has 44 heavy (non-hydrogen) atoms. The molecule has 3 aromatic carbocycles. The van der Waals surface area contributed by atoms with Gasteiger partial charge < -0.3 is 14.6 Å². The molecular weight excluding hydrogens is 572 g/mol. The zero-order chi connectivity index (χ0) is 31.1. The summed E-state index contributed by atoms with van der Waals surface area (Å²) >= 11 is 0. The Hall–Kier alpha value is -4.14. The molecule has 4 aromatic rings. The van der Waals surface area contributed by atoms with Gasteiger partial charge in [0.05, 0.1) is 23.6 Å². The molecule has 230 valence electrons. The number of esters is 1. The molecule has 5 nitrogen and oxygen atoms in total. The lowest BCUT2D eigenvalue weighted by Crippen LogP contribution is -2.57. The van der Waals surface area contributed by atoms with Crippen molar-refractivity contribution >= 4 is 22.8 Å². The van der Waals surface area contributed by atoms with Crippen LogP contribution < -0.4 is 5.32 Å². The fraction of sp³-hybridized carbons (Fsp3) is 0.371. The van der Waals surface area contributed by atoms with Gasteiger partial charge in [-0.2, -0.15) is 13.2 Å². The minimum atomic E-state index is -4.42. The fourth-order valence-electron chi connectivity index (χ4n) is 6.95. The maximum absolute atomic E-state index is 13.6. The van der Waals surface area contributed by atoms with Crippen molar-refractivity contribution in [3.63, 3.8) is 0 Å². The number of nitrogens with one attached hydrogen (secondary N) is 1. The van der Waals surface area contributed by atoms with Crippen LogP contribution in [0, 0.1) is 11.3 Å². The standard InChI is InChI=1S/C35H34F4N2O3/c1-22(24-6-3-2-4-7-24)44-33(43)26-17-34(18-26)19-28(20-34)40-32(42)29-21-41(15-14-36)30-9-5-8-25(31(29)30)16-23-10-12-27(13-11-23)35(37,38)39/h2-13,21-22,26,28H,14-20H2,1H3,(H,40,42)/t22-,26?,28?,34?/m0/s1. The van der Waals surface area contributed by atoms with E-state index in [1.165, 1.54) is 12.1 Å². The molecule has 9 heteroatoms. The van der Waals surface area contributed by atoms with Gasteiger partial charge in [0.25, 0.3) is 5.91 Å². The Morgan fingerprint density at radius 1 is 0.977 bits per heavy atom. The van der Waals surface area contributed by atoms with E-state index in [2.05, 4.69) is 5.32 Å². The molecule has 1 amide bonds. The van der Waals surface area contributed by atoms with Gasteiger partial charge in [-0.1, -0.05) is 54.6 Å². The number of aryl methyl sites for hydroxylation is 1. The molecular formula is C35H34F4N2O3. The number of benzene rings is 3. The number of rotatable bonds is 9. The second-order valence-electron chi connectivity index (χ2n) is 12.3. The van der Waals surface area contributed by atoms with Crippen LogP contribution in [0.4, 0.5) is 17.6 Å². The van der Waals surface area contributed by atoms with Gasteiger partial charge in [-0.15, -0.1) is 0 Å². The molecule has 0 saturated heterocycles. The number of aromatic nitrogens is 1. The first-order valence-corrected chi connectivity index (χ1v) is 14.9. The predicted molar refractivity (Wildman–Crippen MR) is 159 cm³/mol. The van der Waals surface area contributed by atoms with Gasteiger partial charge in [0.1, 0.15) is 12.8 Å². The van der Waals surface area contributed by atoms with Gasteiger partial charge in [0.15, 0.2) is 0 Å². The summed E-state index contributed by atoms with van der Waals surface area (Å²) in [5.41, 5.74) is 2.84. The van der Waals surface area contributed by atoms with Crippen molar-refractivity contribution in [1.29, 1.82) is 0 Å². The fourth-order valence-corrected chi connectivity index (χ4v) is 6.95. The molecule has 1 aromatic heterocycles. The third-order valence-electron chi connectivity index (χ3n) is 9.19. The van der Waals surface area contributed by atoms with E-state index in [0.717, 1.165) is 48.9 Å². The largest absolute Gasteiger partial charge is 0.458 e. The minimum absolute atomic E-state index is 0.0353. The van der Waals surface area contributed by atoms with Crippen LogP contribution in [0.25, 0.3) is 10.9 Å². The van der Waals surface area contributed by atoms with Gasteiger partial charge >= 0.3 is 12.1 Å². The van der Waals surface area contributed by atoms with Crippen molar-refractivity contribution < 1.29 is 31.9 Å². The highest BCUT2D eigenvalue weighted by Gasteiger charge is 2.55. The van der Waals surface area contributed by atoms with Crippen molar-refractivity contribution in [2.45, 2.75) is 63.9 Å². The SMILES string of the molecule is C[C@H](OC(=O)C1CC2(CC(NC(=O)c3cn(CCF)c4cccc(Cc5ccc(C(F)(F)F)cc5)c34)C2)C1)c1ccccc1. The molecule has 1 spiro atoms. The molecule has 1 atom stereocenters. The van der Waals surface area contributed by atoms with Gasteiger partial charge in [-0.25, -0.2) is 4.39 Å². The molecule has 0 bridgehead atoms. The van der Waals surface area contributed by atoms with E-state index in [1.807, 2.05) is 55.5 Å². The number of hydrogen-bond donors (Lipinski definition) is 1. The lowest BCUT2D eigenvalue weighted by Gasteiger charge is -2.57. The molecule has 1 N–H and O–H groups in total. The first kappa shape index (κ1) is 29.9. The number of carbonyl (C=O) groups excluding carboxylic acids is 2. The molecule has 0 unspecified atom stereocenters. The van der Waals surface area contributed by atoms with E-state index in [4.69, 9.17) is 4.74 Å². The second-order valence-corrected chi connectivity index (χ2v) is 12.3. The minimum Gasteiger partial charge on any atom is -0.458 e. The molecule has 2 aliphatic rings. The number of nitrogens with zero attached hydrogens (tertiary/aromatic N) is 1. The van der Waals surface area contributed by atoms with E-state index in [1.54, 1.807) is 10.8 Å². The summed E-state index contributed by atoms with van der Waals surface area (Å²) in [6.07, 6.45) is 0.293. The number of ether oxygens (including phenoxy) is 1. The van der Waals surface area contributed by atoms with Gasteiger partial charge in [0.2, 0.25) is 0 Å². The molecule has 2 saturated carbocycles. The van der Waals surface area contributed by atoms with Crippen molar-refractivity contribution in [2.75, 3.05) is 6.67 Å². The van der Waals surface area contributed by atoms with Crippen LogP contribution in [-0.2, 0) is 28.7 Å². The Morgan fingerprint density at radius 2 is 1.68 bits per heavy atom. The molecule has 2 fully saturated rings. The highest BCUT2D eigenvalue weighted by atomic mass is 19.4. The number of hydrogen-bond acceptors (Lipinski definition) is 3.